The van der Waals surface area contributed by atoms with E-state index in [0.29, 0.717) is 23.7 Å². The number of carbonyl (C=O) groups is 1. The van der Waals surface area contributed by atoms with Gasteiger partial charge in [0.2, 0.25) is 0 Å². The molecule has 0 radical (unpaired) electrons. The lowest BCUT2D eigenvalue weighted by Gasteiger charge is -2.41. The number of hydrogen-bond donors (Lipinski definition) is 0. The van der Waals surface area contributed by atoms with E-state index >= 15 is 0 Å². The molecule has 120 valence electrons. The number of nitrogens with zero attached hydrogens (tertiary/aromatic N) is 3. The van der Waals surface area contributed by atoms with Crippen molar-refractivity contribution in [2.24, 2.45) is 0 Å². The number of rotatable bonds is 2. The summed E-state index contributed by atoms with van der Waals surface area (Å²) in [5.41, 5.74) is 0.678. The van der Waals surface area contributed by atoms with E-state index in [9.17, 15) is 4.79 Å². The van der Waals surface area contributed by atoms with Crippen LogP contribution in [0.3, 0.4) is 0 Å². The van der Waals surface area contributed by atoms with Crippen LogP contribution in [0.1, 0.15) is 49.9 Å². The van der Waals surface area contributed by atoms with E-state index in [4.69, 9.17) is 0 Å². The molecule has 1 aromatic heterocycles. The number of hydrogen-bond acceptors (Lipinski definition) is 3. The molecular weight excluding hydrogens is 342 g/mol. The number of aromatic nitrogens is 1. The molecule has 0 saturated carbocycles. The lowest BCUT2D eigenvalue weighted by molar-refractivity contribution is 0.0486. The van der Waals surface area contributed by atoms with Crippen molar-refractivity contribution in [3.63, 3.8) is 0 Å². The van der Waals surface area contributed by atoms with Gasteiger partial charge in [-0.25, -0.2) is 0 Å². The van der Waals surface area contributed by atoms with Gasteiger partial charge in [-0.3, -0.25) is 14.7 Å². The van der Waals surface area contributed by atoms with Crippen molar-refractivity contribution in [2.45, 2.75) is 57.7 Å². The molecule has 2 fully saturated rings. The van der Waals surface area contributed by atoms with Crippen molar-refractivity contribution in [3.05, 3.63) is 28.5 Å². The molecule has 3 atom stereocenters. The third kappa shape index (κ3) is 3.20. The summed E-state index contributed by atoms with van der Waals surface area (Å²) < 4.78 is 0.855. The average molecular weight is 366 g/mol. The van der Waals surface area contributed by atoms with Gasteiger partial charge in [-0.15, -0.1) is 0 Å². The van der Waals surface area contributed by atoms with Crippen LogP contribution in [0.15, 0.2) is 22.9 Å². The number of amides is 1. The monoisotopic (exact) mass is 365 g/mol. The first-order valence-electron chi connectivity index (χ1n) is 8.23. The first kappa shape index (κ1) is 15.9. The molecule has 0 unspecified atom stereocenters. The van der Waals surface area contributed by atoms with Gasteiger partial charge in [-0.05, 0) is 61.5 Å². The molecule has 0 spiro atoms. The van der Waals surface area contributed by atoms with Crippen LogP contribution in [0.4, 0.5) is 0 Å². The van der Waals surface area contributed by atoms with Gasteiger partial charge >= 0.3 is 0 Å². The molecule has 1 aromatic rings. The van der Waals surface area contributed by atoms with Crippen LogP contribution in [-0.2, 0) is 0 Å². The maximum Gasteiger partial charge on any atom is 0.255 e. The fraction of sp³-hybridized carbons (Fsp3) is 0.647. The summed E-state index contributed by atoms with van der Waals surface area (Å²) in [6, 6.07) is 3.65. The summed E-state index contributed by atoms with van der Waals surface area (Å²) in [5, 5.41) is 0. The predicted octanol–water partition coefficient (Wildman–Crippen LogP) is 3.32. The lowest BCUT2D eigenvalue weighted by atomic mass is 10.0. The second-order valence-electron chi connectivity index (χ2n) is 6.66. The van der Waals surface area contributed by atoms with Crippen molar-refractivity contribution in [1.82, 2.24) is 14.8 Å². The van der Waals surface area contributed by atoms with Crippen LogP contribution in [0, 0.1) is 0 Å². The van der Waals surface area contributed by atoms with Crippen LogP contribution < -0.4 is 0 Å². The molecular formula is C17H24BrN3O. The summed E-state index contributed by atoms with van der Waals surface area (Å²) in [4.78, 5) is 21.5. The molecule has 3 rings (SSSR count). The molecule has 5 heteroatoms. The minimum atomic E-state index is 0.109. The first-order valence-corrected chi connectivity index (χ1v) is 9.03. The van der Waals surface area contributed by atoms with Crippen molar-refractivity contribution in [3.8, 4) is 0 Å². The van der Waals surface area contributed by atoms with E-state index < -0.39 is 0 Å². The van der Waals surface area contributed by atoms with Crippen molar-refractivity contribution in [2.75, 3.05) is 13.1 Å². The summed E-state index contributed by atoms with van der Waals surface area (Å²) in [6.45, 7) is 6.35. The van der Waals surface area contributed by atoms with Gasteiger partial charge in [0.1, 0.15) is 0 Å². The molecule has 3 heterocycles. The van der Waals surface area contributed by atoms with Gasteiger partial charge in [0.05, 0.1) is 5.56 Å². The van der Waals surface area contributed by atoms with Crippen LogP contribution in [0.2, 0.25) is 0 Å². The Morgan fingerprint density at radius 1 is 1.23 bits per heavy atom. The number of halogens is 1. The van der Waals surface area contributed by atoms with E-state index in [0.717, 1.165) is 24.0 Å². The largest absolute Gasteiger partial charge is 0.337 e. The molecule has 22 heavy (non-hydrogen) atoms. The Balaban J connectivity index is 1.71. The highest BCUT2D eigenvalue weighted by Gasteiger charge is 2.36. The highest BCUT2D eigenvalue weighted by atomic mass is 79.9. The van der Waals surface area contributed by atoms with Gasteiger partial charge in [0.25, 0.3) is 5.91 Å². The van der Waals surface area contributed by atoms with Gasteiger partial charge in [0.15, 0.2) is 0 Å². The summed E-state index contributed by atoms with van der Waals surface area (Å²) in [7, 11) is 0. The Morgan fingerprint density at radius 3 is 2.64 bits per heavy atom. The molecule has 1 amide bonds. The first-order chi connectivity index (χ1) is 10.6. The van der Waals surface area contributed by atoms with E-state index in [-0.39, 0.29) is 5.91 Å². The smallest absolute Gasteiger partial charge is 0.255 e. The molecule has 2 saturated heterocycles. The third-order valence-electron chi connectivity index (χ3n) is 5.08. The summed E-state index contributed by atoms with van der Waals surface area (Å²) >= 11 is 3.39. The zero-order valence-corrected chi connectivity index (χ0v) is 14.9. The van der Waals surface area contributed by atoms with Gasteiger partial charge in [0, 0.05) is 48.1 Å². The van der Waals surface area contributed by atoms with Gasteiger partial charge in [-0.1, -0.05) is 0 Å². The van der Waals surface area contributed by atoms with Gasteiger partial charge in [-0.2, -0.15) is 0 Å². The van der Waals surface area contributed by atoms with Crippen LogP contribution >= 0.6 is 15.9 Å². The number of carbonyl (C=O) groups excluding carboxylic acids is 1. The second-order valence-corrected chi connectivity index (χ2v) is 7.58. The second kappa shape index (κ2) is 6.67. The molecule has 0 aliphatic carbocycles. The highest BCUT2D eigenvalue weighted by molar-refractivity contribution is 9.10. The van der Waals surface area contributed by atoms with E-state index in [1.54, 1.807) is 12.4 Å². The highest BCUT2D eigenvalue weighted by Crippen LogP contribution is 2.30. The number of pyridine rings is 1. The van der Waals surface area contributed by atoms with E-state index in [1.165, 1.54) is 19.3 Å². The minimum Gasteiger partial charge on any atom is -0.337 e. The Kier molecular flexibility index (Phi) is 4.83. The fourth-order valence-corrected chi connectivity index (χ4v) is 4.39. The van der Waals surface area contributed by atoms with Gasteiger partial charge < -0.3 is 4.90 Å². The van der Waals surface area contributed by atoms with E-state index in [1.807, 2.05) is 11.0 Å². The van der Waals surface area contributed by atoms with E-state index in [2.05, 4.69) is 39.7 Å². The predicted molar refractivity (Wildman–Crippen MR) is 90.9 cm³/mol. The standard InChI is InChI=1S/C17H24BrN3O/c1-12-5-6-13(2)21(12)16-4-3-7-20(11-16)17(22)14-8-15(18)10-19-9-14/h8-10,12-13,16H,3-7,11H2,1-2H3/t12-,13-,16-/m1/s1. The summed E-state index contributed by atoms with van der Waals surface area (Å²) in [5.74, 6) is 0.109. The molecule has 0 bridgehead atoms. The Labute approximate surface area is 141 Å². The Hall–Kier alpha value is -0.940. The zero-order chi connectivity index (χ0) is 15.7. The van der Waals surface area contributed by atoms with Crippen LogP contribution in [-0.4, -0.2) is 51.9 Å². The molecule has 2 aliphatic heterocycles. The zero-order valence-electron chi connectivity index (χ0n) is 13.3. The van der Waals surface area contributed by atoms with Crippen molar-refractivity contribution < 1.29 is 4.79 Å². The number of likely N-dealkylation sites (tertiary alicyclic amines) is 2. The molecule has 0 N–H and O–H groups in total. The maximum atomic E-state index is 12.7. The van der Waals surface area contributed by atoms with Crippen molar-refractivity contribution in [1.29, 1.82) is 0 Å². The normalized spacial score (nSPS) is 29.8. The lowest BCUT2D eigenvalue weighted by Crippen LogP contribution is -2.52. The fourth-order valence-electron chi connectivity index (χ4n) is 4.03. The third-order valence-corrected chi connectivity index (χ3v) is 5.51. The quantitative estimate of drug-likeness (QED) is 0.806. The number of piperidine rings is 1. The maximum absolute atomic E-state index is 12.7. The molecule has 4 nitrogen and oxygen atoms in total. The minimum absolute atomic E-state index is 0.109. The molecule has 2 aliphatic rings. The topological polar surface area (TPSA) is 36.4 Å². The van der Waals surface area contributed by atoms with Crippen LogP contribution in [0.25, 0.3) is 0 Å². The summed E-state index contributed by atoms with van der Waals surface area (Å²) in [6.07, 6.45) is 8.23. The van der Waals surface area contributed by atoms with Crippen LogP contribution in [0.5, 0.6) is 0 Å². The molecule has 0 aromatic carbocycles. The Bertz CT molecular complexity index is 540. The average Bonchev–Trinajstić information content (AvgIpc) is 2.85. The Morgan fingerprint density at radius 2 is 1.95 bits per heavy atom. The van der Waals surface area contributed by atoms with Crippen molar-refractivity contribution >= 4 is 21.8 Å². The SMILES string of the molecule is C[C@@H]1CC[C@@H](C)N1[C@@H]1CCCN(C(=O)c2cncc(Br)c2)C1.